The molecule has 2 N–H and O–H groups in total. The second-order valence-electron chi connectivity index (χ2n) is 4.51. The third-order valence-electron chi connectivity index (χ3n) is 2.83. The first-order valence-corrected chi connectivity index (χ1v) is 6.35. The Morgan fingerprint density at radius 1 is 0.895 bits per heavy atom. The Morgan fingerprint density at radius 2 is 1.53 bits per heavy atom. The summed E-state index contributed by atoms with van der Waals surface area (Å²) in [5.74, 6) is 0. The molecule has 0 aliphatic carbocycles. The lowest BCUT2D eigenvalue weighted by Crippen LogP contribution is -2.34. The predicted molar refractivity (Wildman–Crippen MR) is 76.7 cm³/mol. The SMILES string of the molecule is Cc1cccc(CNC(=O)NCc2ccccc2)c1. The summed E-state index contributed by atoms with van der Waals surface area (Å²) in [6.07, 6.45) is 0. The van der Waals surface area contributed by atoms with Crippen molar-refractivity contribution in [3.8, 4) is 0 Å². The summed E-state index contributed by atoms with van der Waals surface area (Å²) < 4.78 is 0. The molecule has 19 heavy (non-hydrogen) atoms. The summed E-state index contributed by atoms with van der Waals surface area (Å²) in [5.41, 5.74) is 3.40. The molecule has 0 spiro atoms. The van der Waals surface area contributed by atoms with Gasteiger partial charge in [-0.15, -0.1) is 0 Å². The van der Waals surface area contributed by atoms with Gasteiger partial charge in [-0.05, 0) is 18.1 Å². The molecule has 0 fully saturated rings. The molecule has 0 bridgehead atoms. The summed E-state index contributed by atoms with van der Waals surface area (Å²) in [6, 6.07) is 17.8. The Labute approximate surface area is 113 Å². The molecular weight excluding hydrogens is 236 g/mol. The average Bonchev–Trinajstić information content (AvgIpc) is 2.44. The first-order valence-electron chi connectivity index (χ1n) is 6.35. The highest BCUT2D eigenvalue weighted by atomic mass is 16.2. The van der Waals surface area contributed by atoms with Crippen molar-refractivity contribution in [2.24, 2.45) is 0 Å². The first-order chi connectivity index (χ1) is 9.24. The Hall–Kier alpha value is -2.29. The molecule has 0 heterocycles. The molecule has 0 aromatic heterocycles. The fourth-order valence-electron chi connectivity index (χ4n) is 1.85. The summed E-state index contributed by atoms with van der Waals surface area (Å²) >= 11 is 0. The Kier molecular flexibility index (Phi) is 4.56. The molecule has 0 radical (unpaired) electrons. The van der Waals surface area contributed by atoms with Crippen molar-refractivity contribution in [2.75, 3.05) is 0 Å². The van der Waals surface area contributed by atoms with E-state index in [0.717, 1.165) is 11.1 Å². The second-order valence-corrected chi connectivity index (χ2v) is 4.51. The molecule has 0 aliphatic rings. The van der Waals surface area contributed by atoms with Crippen LogP contribution in [0.4, 0.5) is 4.79 Å². The highest BCUT2D eigenvalue weighted by Gasteiger charge is 2.00. The van der Waals surface area contributed by atoms with Gasteiger partial charge in [-0.25, -0.2) is 4.79 Å². The van der Waals surface area contributed by atoms with Gasteiger partial charge in [-0.3, -0.25) is 0 Å². The van der Waals surface area contributed by atoms with Gasteiger partial charge in [0, 0.05) is 13.1 Å². The molecule has 2 aromatic carbocycles. The maximum absolute atomic E-state index is 11.7. The number of urea groups is 1. The molecule has 0 unspecified atom stereocenters. The van der Waals surface area contributed by atoms with Crippen LogP contribution >= 0.6 is 0 Å². The fourth-order valence-corrected chi connectivity index (χ4v) is 1.85. The highest BCUT2D eigenvalue weighted by Crippen LogP contribution is 2.03. The summed E-state index contributed by atoms with van der Waals surface area (Å²) in [4.78, 5) is 11.7. The predicted octanol–water partition coefficient (Wildman–Crippen LogP) is 2.99. The topological polar surface area (TPSA) is 41.1 Å². The van der Waals surface area contributed by atoms with Crippen molar-refractivity contribution in [1.82, 2.24) is 10.6 Å². The molecule has 98 valence electrons. The number of carbonyl (C=O) groups excluding carboxylic acids is 1. The summed E-state index contributed by atoms with van der Waals surface area (Å²) in [5, 5.41) is 5.68. The third-order valence-corrected chi connectivity index (χ3v) is 2.83. The molecule has 0 saturated carbocycles. The van der Waals surface area contributed by atoms with Crippen molar-refractivity contribution < 1.29 is 4.79 Å². The average molecular weight is 254 g/mol. The zero-order valence-electron chi connectivity index (χ0n) is 11.0. The van der Waals surface area contributed by atoms with Gasteiger partial charge in [0.25, 0.3) is 0 Å². The largest absolute Gasteiger partial charge is 0.334 e. The number of benzene rings is 2. The minimum atomic E-state index is -0.148. The maximum Gasteiger partial charge on any atom is 0.315 e. The van der Waals surface area contributed by atoms with Gasteiger partial charge < -0.3 is 10.6 Å². The molecule has 0 atom stereocenters. The highest BCUT2D eigenvalue weighted by molar-refractivity contribution is 5.73. The number of nitrogens with one attached hydrogen (secondary N) is 2. The molecule has 0 saturated heterocycles. The lowest BCUT2D eigenvalue weighted by atomic mass is 10.1. The molecule has 2 rings (SSSR count). The minimum Gasteiger partial charge on any atom is -0.334 e. The summed E-state index contributed by atoms with van der Waals surface area (Å²) in [6.45, 7) is 3.13. The maximum atomic E-state index is 11.7. The lowest BCUT2D eigenvalue weighted by molar-refractivity contribution is 0.240. The normalized spacial score (nSPS) is 9.95. The Balaban J connectivity index is 1.76. The second kappa shape index (κ2) is 6.59. The van der Waals surface area contributed by atoms with Crippen LogP contribution in [0.2, 0.25) is 0 Å². The van der Waals surface area contributed by atoms with E-state index in [2.05, 4.69) is 16.7 Å². The van der Waals surface area contributed by atoms with E-state index in [1.165, 1.54) is 5.56 Å². The van der Waals surface area contributed by atoms with Crippen LogP contribution in [-0.2, 0) is 13.1 Å². The van der Waals surface area contributed by atoms with E-state index in [9.17, 15) is 4.79 Å². The zero-order chi connectivity index (χ0) is 13.5. The number of carbonyl (C=O) groups is 1. The van der Waals surface area contributed by atoms with E-state index < -0.39 is 0 Å². The quantitative estimate of drug-likeness (QED) is 0.865. The number of hydrogen-bond donors (Lipinski definition) is 2. The van der Waals surface area contributed by atoms with Crippen LogP contribution in [0, 0.1) is 6.92 Å². The van der Waals surface area contributed by atoms with Crippen LogP contribution in [0.3, 0.4) is 0 Å². The van der Waals surface area contributed by atoms with E-state index in [-0.39, 0.29) is 6.03 Å². The van der Waals surface area contributed by atoms with Gasteiger partial charge in [0.15, 0.2) is 0 Å². The van der Waals surface area contributed by atoms with Gasteiger partial charge >= 0.3 is 6.03 Å². The standard InChI is InChI=1S/C16H18N2O/c1-13-6-5-9-15(10-13)12-18-16(19)17-11-14-7-3-2-4-8-14/h2-10H,11-12H2,1H3,(H2,17,18,19). The smallest absolute Gasteiger partial charge is 0.315 e. The molecule has 2 aromatic rings. The Morgan fingerprint density at radius 3 is 2.21 bits per heavy atom. The van der Waals surface area contributed by atoms with E-state index in [1.54, 1.807) is 0 Å². The van der Waals surface area contributed by atoms with E-state index in [4.69, 9.17) is 0 Å². The van der Waals surface area contributed by atoms with Gasteiger partial charge in [0.05, 0.1) is 0 Å². The summed E-state index contributed by atoms with van der Waals surface area (Å²) in [7, 11) is 0. The fraction of sp³-hybridized carbons (Fsp3) is 0.188. The Bertz CT molecular complexity index is 537. The zero-order valence-corrected chi connectivity index (χ0v) is 11.0. The molecular formula is C16H18N2O. The molecule has 3 heteroatoms. The minimum absolute atomic E-state index is 0.148. The first kappa shape index (κ1) is 13.1. The van der Waals surface area contributed by atoms with Gasteiger partial charge in [0.1, 0.15) is 0 Å². The van der Waals surface area contributed by atoms with Crippen LogP contribution in [-0.4, -0.2) is 6.03 Å². The van der Waals surface area contributed by atoms with Crippen molar-refractivity contribution in [1.29, 1.82) is 0 Å². The lowest BCUT2D eigenvalue weighted by Gasteiger charge is -2.08. The van der Waals surface area contributed by atoms with E-state index in [0.29, 0.717) is 13.1 Å². The third kappa shape index (κ3) is 4.47. The van der Waals surface area contributed by atoms with E-state index in [1.807, 2.05) is 55.5 Å². The number of hydrogen-bond acceptors (Lipinski definition) is 1. The van der Waals surface area contributed by atoms with Gasteiger partial charge in [-0.1, -0.05) is 60.2 Å². The van der Waals surface area contributed by atoms with E-state index >= 15 is 0 Å². The van der Waals surface area contributed by atoms with Crippen LogP contribution in [0.15, 0.2) is 54.6 Å². The van der Waals surface area contributed by atoms with Crippen molar-refractivity contribution in [3.63, 3.8) is 0 Å². The van der Waals surface area contributed by atoms with Crippen LogP contribution < -0.4 is 10.6 Å². The number of aryl methyl sites for hydroxylation is 1. The van der Waals surface area contributed by atoms with Gasteiger partial charge in [-0.2, -0.15) is 0 Å². The molecule has 0 aliphatic heterocycles. The molecule has 3 nitrogen and oxygen atoms in total. The van der Waals surface area contributed by atoms with Crippen molar-refractivity contribution in [3.05, 3.63) is 71.3 Å². The van der Waals surface area contributed by atoms with Crippen LogP contribution in [0.5, 0.6) is 0 Å². The molecule has 2 amide bonds. The number of rotatable bonds is 4. The number of amides is 2. The van der Waals surface area contributed by atoms with Gasteiger partial charge in [0.2, 0.25) is 0 Å². The van der Waals surface area contributed by atoms with Crippen LogP contribution in [0.1, 0.15) is 16.7 Å². The monoisotopic (exact) mass is 254 g/mol. The van der Waals surface area contributed by atoms with Crippen LogP contribution in [0.25, 0.3) is 0 Å². The van der Waals surface area contributed by atoms with Crippen molar-refractivity contribution >= 4 is 6.03 Å². The van der Waals surface area contributed by atoms with Crippen molar-refractivity contribution in [2.45, 2.75) is 20.0 Å².